The van der Waals surface area contributed by atoms with Gasteiger partial charge in [-0.3, -0.25) is 29.8 Å². The van der Waals surface area contributed by atoms with Crippen molar-refractivity contribution in [3.05, 3.63) is 126 Å². The smallest absolute Gasteiger partial charge is 0.283 e. The van der Waals surface area contributed by atoms with Crippen LogP contribution in [-0.4, -0.2) is 21.7 Å². The molecule has 0 radical (unpaired) electrons. The summed E-state index contributed by atoms with van der Waals surface area (Å²) in [5.41, 5.74) is -0.334. The summed E-state index contributed by atoms with van der Waals surface area (Å²) in [6.07, 6.45) is 0. The molecule has 0 spiro atoms. The third-order valence-electron chi connectivity index (χ3n) is 5.26. The fourth-order valence-electron chi connectivity index (χ4n) is 3.44. The second-order valence-corrected chi connectivity index (χ2v) is 8.77. The lowest BCUT2D eigenvalue weighted by Gasteiger charge is -2.10. The van der Waals surface area contributed by atoms with E-state index >= 15 is 0 Å². The molecule has 0 aromatic heterocycles. The lowest BCUT2D eigenvalue weighted by molar-refractivity contribution is -0.385. The van der Waals surface area contributed by atoms with Crippen molar-refractivity contribution < 1.29 is 24.2 Å². The first-order valence-corrected chi connectivity index (χ1v) is 11.7. The van der Waals surface area contributed by atoms with E-state index in [0.717, 1.165) is 12.1 Å². The zero-order chi connectivity index (χ0) is 28.1. The molecular formula is C26H16Cl2N4O7. The zero-order valence-electron chi connectivity index (χ0n) is 19.6. The van der Waals surface area contributed by atoms with Gasteiger partial charge in [0, 0.05) is 33.6 Å². The van der Waals surface area contributed by atoms with Crippen molar-refractivity contribution >= 4 is 57.8 Å². The maximum atomic E-state index is 12.5. The number of carbonyl (C=O) groups excluding carboxylic acids is 2. The van der Waals surface area contributed by atoms with E-state index < -0.39 is 33.0 Å². The summed E-state index contributed by atoms with van der Waals surface area (Å²) in [6.45, 7) is 0. The number of nitrogens with zero attached hydrogens (tertiary/aromatic N) is 2. The van der Waals surface area contributed by atoms with Crippen molar-refractivity contribution in [1.29, 1.82) is 0 Å². The highest BCUT2D eigenvalue weighted by Crippen LogP contribution is 2.28. The van der Waals surface area contributed by atoms with Gasteiger partial charge in [0.2, 0.25) is 0 Å². The maximum absolute atomic E-state index is 12.5. The maximum Gasteiger partial charge on any atom is 0.283 e. The zero-order valence-corrected chi connectivity index (χ0v) is 21.1. The van der Waals surface area contributed by atoms with Gasteiger partial charge in [0.25, 0.3) is 23.2 Å². The van der Waals surface area contributed by atoms with Crippen LogP contribution in [0.3, 0.4) is 0 Å². The number of hydrogen-bond donors (Lipinski definition) is 2. The number of nitro benzene ring substituents is 2. The molecule has 196 valence electrons. The molecule has 0 unspecified atom stereocenters. The molecule has 0 aliphatic rings. The first kappa shape index (κ1) is 27.0. The van der Waals surface area contributed by atoms with Crippen molar-refractivity contribution in [3.63, 3.8) is 0 Å². The second kappa shape index (κ2) is 11.6. The van der Waals surface area contributed by atoms with Crippen LogP contribution < -0.4 is 15.4 Å². The SMILES string of the molecule is O=C(Nc1ccc(Oc2ccc(NC(=O)c3ccc(Cl)cc3[N+](=O)[O-])cc2)cc1)c1ccc(Cl)cc1[N+](=O)[O-]. The first-order chi connectivity index (χ1) is 18.6. The van der Waals surface area contributed by atoms with Crippen LogP contribution in [0.15, 0.2) is 84.9 Å². The summed E-state index contributed by atoms with van der Waals surface area (Å²) in [5.74, 6) is -0.486. The predicted octanol–water partition coefficient (Wildman–Crippen LogP) is 7.11. The van der Waals surface area contributed by atoms with E-state index in [1.54, 1.807) is 48.5 Å². The fourth-order valence-corrected chi connectivity index (χ4v) is 3.77. The van der Waals surface area contributed by atoms with E-state index in [4.69, 9.17) is 27.9 Å². The van der Waals surface area contributed by atoms with Crippen molar-refractivity contribution in [2.75, 3.05) is 10.6 Å². The van der Waals surface area contributed by atoms with Gasteiger partial charge >= 0.3 is 0 Å². The van der Waals surface area contributed by atoms with Gasteiger partial charge in [-0.1, -0.05) is 23.2 Å². The minimum absolute atomic E-state index is 0.137. The van der Waals surface area contributed by atoms with Gasteiger partial charge < -0.3 is 15.4 Å². The first-order valence-electron chi connectivity index (χ1n) is 11.0. The molecule has 2 N–H and O–H groups in total. The van der Waals surface area contributed by atoms with E-state index in [2.05, 4.69) is 10.6 Å². The topological polar surface area (TPSA) is 154 Å². The van der Waals surface area contributed by atoms with Crippen molar-refractivity contribution in [3.8, 4) is 11.5 Å². The summed E-state index contributed by atoms with van der Waals surface area (Å²) in [6, 6.07) is 20.1. The number of rotatable bonds is 8. The Morgan fingerprint density at radius 1 is 0.615 bits per heavy atom. The highest BCUT2D eigenvalue weighted by molar-refractivity contribution is 6.31. The molecule has 11 nitrogen and oxygen atoms in total. The molecule has 0 bridgehead atoms. The van der Waals surface area contributed by atoms with Crippen LogP contribution in [-0.2, 0) is 0 Å². The second-order valence-electron chi connectivity index (χ2n) is 7.90. The summed E-state index contributed by atoms with van der Waals surface area (Å²) in [4.78, 5) is 46.2. The summed E-state index contributed by atoms with van der Waals surface area (Å²) in [5, 5.41) is 27.9. The van der Waals surface area contributed by atoms with Crippen LogP contribution in [0.5, 0.6) is 11.5 Å². The molecule has 0 aliphatic heterocycles. The number of ether oxygens (including phenoxy) is 1. The van der Waals surface area contributed by atoms with E-state index in [1.807, 2.05) is 0 Å². The quantitative estimate of drug-likeness (QED) is 0.170. The van der Waals surface area contributed by atoms with Crippen LogP contribution in [0.4, 0.5) is 22.7 Å². The molecule has 0 saturated heterocycles. The largest absolute Gasteiger partial charge is 0.457 e. The van der Waals surface area contributed by atoms with Gasteiger partial charge in [0.1, 0.15) is 22.6 Å². The van der Waals surface area contributed by atoms with Gasteiger partial charge in [-0.05, 0) is 72.8 Å². The molecule has 13 heteroatoms. The monoisotopic (exact) mass is 566 g/mol. The number of nitro groups is 2. The van der Waals surface area contributed by atoms with E-state index in [1.165, 1.54) is 24.3 Å². The summed E-state index contributed by atoms with van der Waals surface area (Å²) >= 11 is 11.6. The molecule has 0 saturated carbocycles. The van der Waals surface area contributed by atoms with E-state index in [-0.39, 0.29) is 21.2 Å². The Morgan fingerprint density at radius 2 is 0.974 bits per heavy atom. The van der Waals surface area contributed by atoms with Crippen molar-refractivity contribution in [2.45, 2.75) is 0 Å². The normalized spacial score (nSPS) is 10.4. The van der Waals surface area contributed by atoms with Gasteiger partial charge in [-0.15, -0.1) is 0 Å². The van der Waals surface area contributed by atoms with Gasteiger partial charge in [-0.25, -0.2) is 0 Å². The third kappa shape index (κ3) is 6.66. The summed E-state index contributed by atoms with van der Waals surface area (Å²) in [7, 11) is 0. The number of halogens is 2. The molecule has 4 rings (SSSR count). The third-order valence-corrected chi connectivity index (χ3v) is 5.73. The number of anilines is 2. The predicted molar refractivity (Wildman–Crippen MR) is 145 cm³/mol. The highest BCUT2D eigenvalue weighted by atomic mass is 35.5. The van der Waals surface area contributed by atoms with Gasteiger partial charge in [-0.2, -0.15) is 0 Å². The van der Waals surface area contributed by atoms with Crippen LogP contribution in [0.25, 0.3) is 0 Å². The van der Waals surface area contributed by atoms with Crippen molar-refractivity contribution in [2.24, 2.45) is 0 Å². The molecule has 0 aliphatic carbocycles. The summed E-state index contributed by atoms with van der Waals surface area (Å²) < 4.78 is 5.76. The fraction of sp³-hybridized carbons (Fsp3) is 0. The van der Waals surface area contributed by atoms with Crippen LogP contribution in [0.2, 0.25) is 10.0 Å². The average Bonchev–Trinajstić information content (AvgIpc) is 2.90. The molecular weight excluding hydrogens is 551 g/mol. The Hall–Kier alpha value is -5.00. The lowest BCUT2D eigenvalue weighted by atomic mass is 10.1. The highest BCUT2D eigenvalue weighted by Gasteiger charge is 2.22. The Bertz CT molecular complexity index is 1470. The standard InChI is InChI=1S/C26H16Cl2N4O7/c27-15-1-11-21(23(13-15)31(35)36)25(33)29-17-3-7-19(8-4-17)39-20-9-5-18(6-10-20)30-26(34)22-12-2-16(28)14-24(22)32(37)38/h1-14H,(H,29,33)(H,30,34). The number of benzene rings is 4. The van der Waals surface area contributed by atoms with Gasteiger partial charge in [0.05, 0.1) is 9.85 Å². The Kier molecular flexibility index (Phi) is 8.04. The number of carbonyl (C=O) groups is 2. The Labute approximate surface area is 230 Å². The molecule has 39 heavy (non-hydrogen) atoms. The number of hydrogen-bond acceptors (Lipinski definition) is 7. The Balaban J connectivity index is 1.38. The minimum Gasteiger partial charge on any atom is -0.457 e. The average molecular weight is 567 g/mol. The molecule has 2 amide bonds. The number of nitrogens with one attached hydrogen (secondary N) is 2. The molecule has 0 heterocycles. The van der Waals surface area contributed by atoms with Crippen molar-refractivity contribution in [1.82, 2.24) is 0 Å². The van der Waals surface area contributed by atoms with Crippen LogP contribution in [0, 0.1) is 20.2 Å². The molecule has 4 aromatic rings. The van der Waals surface area contributed by atoms with E-state index in [9.17, 15) is 29.8 Å². The van der Waals surface area contributed by atoms with E-state index in [0.29, 0.717) is 22.9 Å². The molecule has 4 aromatic carbocycles. The lowest BCUT2D eigenvalue weighted by Crippen LogP contribution is -2.14. The minimum atomic E-state index is -0.685. The van der Waals surface area contributed by atoms with Crippen LogP contribution >= 0.6 is 23.2 Å². The van der Waals surface area contributed by atoms with Gasteiger partial charge in [0.15, 0.2) is 0 Å². The Morgan fingerprint density at radius 3 is 1.31 bits per heavy atom. The number of amides is 2. The molecule has 0 fully saturated rings. The van der Waals surface area contributed by atoms with Crippen LogP contribution in [0.1, 0.15) is 20.7 Å². The molecule has 0 atom stereocenters.